The molecule has 0 spiro atoms. The van der Waals surface area contributed by atoms with Crippen molar-refractivity contribution in [2.45, 2.75) is 11.3 Å². The average molecular weight is 509 g/mol. The van der Waals surface area contributed by atoms with E-state index in [0.717, 1.165) is 11.3 Å². The molecule has 0 aliphatic rings. The van der Waals surface area contributed by atoms with E-state index >= 15 is 0 Å². The van der Waals surface area contributed by atoms with Crippen LogP contribution in [-0.2, 0) is 21.2 Å². The van der Waals surface area contributed by atoms with Crippen molar-refractivity contribution in [1.82, 2.24) is 5.32 Å². The summed E-state index contributed by atoms with van der Waals surface area (Å²) in [6.07, 6.45) is 0.674. The van der Waals surface area contributed by atoms with Crippen LogP contribution in [0.3, 0.4) is 0 Å². The number of amides is 1. The lowest BCUT2D eigenvalue weighted by Gasteiger charge is -2.11. The second kappa shape index (κ2) is 11.3. The topological polar surface area (TPSA) is 93.7 Å². The highest BCUT2D eigenvalue weighted by Gasteiger charge is 2.15. The molecule has 0 aliphatic heterocycles. The second-order valence-electron chi connectivity index (χ2n) is 6.97. The number of nitrogens with one attached hydrogen (secondary N) is 2. The molecule has 0 atom stereocenters. The van der Waals surface area contributed by atoms with Gasteiger partial charge in [0, 0.05) is 16.6 Å². The molecule has 1 amide bonds. The van der Waals surface area contributed by atoms with Gasteiger partial charge < -0.3 is 14.8 Å². The zero-order valence-electron chi connectivity index (χ0n) is 17.7. The van der Waals surface area contributed by atoms with Crippen LogP contribution in [-0.4, -0.2) is 34.6 Å². The van der Waals surface area contributed by atoms with Crippen LogP contribution < -0.4 is 19.5 Å². The van der Waals surface area contributed by atoms with Crippen LogP contribution in [0.15, 0.2) is 71.6 Å². The Kier molecular flexibility index (Phi) is 8.43. The van der Waals surface area contributed by atoms with Crippen LogP contribution in [0.25, 0.3) is 0 Å². The van der Waals surface area contributed by atoms with E-state index in [2.05, 4.69) is 10.0 Å². The van der Waals surface area contributed by atoms with Gasteiger partial charge >= 0.3 is 0 Å². The molecule has 0 fully saturated rings. The van der Waals surface area contributed by atoms with Crippen LogP contribution in [0.4, 0.5) is 5.69 Å². The van der Waals surface area contributed by atoms with Crippen molar-refractivity contribution in [2.75, 3.05) is 25.0 Å². The summed E-state index contributed by atoms with van der Waals surface area (Å²) in [5, 5.41) is 3.40. The van der Waals surface area contributed by atoms with Crippen LogP contribution in [0, 0.1) is 0 Å². The maximum absolute atomic E-state index is 12.6. The maximum atomic E-state index is 12.6. The molecule has 174 valence electrons. The smallest absolute Gasteiger partial charge is 0.261 e. The molecule has 10 heteroatoms. The van der Waals surface area contributed by atoms with Gasteiger partial charge in [-0.2, -0.15) is 0 Å². The van der Waals surface area contributed by atoms with Gasteiger partial charge in [-0.05, 0) is 66.6 Å². The van der Waals surface area contributed by atoms with Gasteiger partial charge in [-0.1, -0.05) is 35.3 Å². The van der Waals surface area contributed by atoms with Crippen molar-refractivity contribution in [3.8, 4) is 11.5 Å². The molecule has 7 nitrogen and oxygen atoms in total. The standard InChI is InChI=1S/C23H22Cl2N2O5S/c1-31-20-4-2-16(3-5-20)10-11-26-23(28)15-32-21-6-8-22(9-7-21)33(29,30)27-19-13-17(24)12-18(25)14-19/h2-9,12-14,27H,10-11,15H2,1H3,(H,26,28). The quantitative estimate of drug-likeness (QED) is 0.419. The molecule has 0 aliphatic carbocycles. The van der Waals surface area contributed by atoms with Crippen LogP contribution in [0.2, 0.25) is 10.0 Å². The molecule has 0 unspecified atom stereocenters. The van der Waals surface area contributed by atoms with E-state index in [0.29, 0.717) is 28.8 Å². The van der Waals surface area contributed by atoms with Crippen LogP contribution in [0.5, 0.6) is 11.5 Å². The molecule has 3 aromatic carbocycles. The fourth-order valence-electron chi connectivity index (χ4n) is 2.88. The minimum Gasteiger partial charge on any atom is -0.497 e. The van der Waals surface area contributed by atoms with Gasteiger partial charge in [-0.25, -0.2) is 8.42 Å². The monoisotopic (exact) mass is 508 g/mol. The highest BCUT2D eigenvalue weighted by molar-refractivity contribution is 7.92. The molecule has 0 aromatic heterocycles. The number of hydrogen-bond acceptors (Lipinski definition) is 5. The Bertz CT molecular complexity index is 1180. The predicted molar refractivity (Wildman–Crippen MR) is 129 cm³/mol. The number of carbonyl (C=O) groups is 1. The van der Waals surface area contributed by atoms with E-state index in [1.165, 1.54) is 42.5 Å². The molecular weight excluding hydrogens is 487 g/mol. The van der Waals surface area contributed by atoms with Gasteiger partial charge in [-0.3, -0.25) is 9.52 Å². The van der Waals surface area contributed by atoms with E-state index in [1.807, 2.05) is 24.3 Å². The highest BCUT2D eigenvalue weighted by atomic mass is 35.5. The first kappa shape index (κ1) is 24.7. The highest BCUT2D eigenvalue weighted by Crippen LogP contribution is 2.25. The second-order valence-corrected chi connectivity index (χ2v) is 9.53. The van der Waals surface area contributed by atoms with Crippen molar-refractivity contribution in [3.05, 3.63) is 82.3 Å². The number of anilines is 1. The summed E-state index contributed by atoms with van der Waals surface area (Å²) in [5.74, 6) is 0.865. The molecule has 0 bridgehead atoms. The van der Waals surface area contributed by atoms with Crippen LogP contribution in [0.1, 0.15) is 5.56 Å². The van der Waals surface area contributed by atoms with Gasteiger partial charge in [0.2, 0.25) is 0 Å². The third-order valence-electron chi connectivity index (χ3n) is 4.51. The Morgan fingerprint density at radius 3 is 2.12 bits per heavy atom. The minimum absolute atomic E-state index is 0.0230. The van der Waals surface area contributed by atoms with E-state index in [9.17, 15) is 13.2 Å². The van der Waals surface area contributed by atoms with Crippen molar-refractivity contribution >= 4 is 44.8 Å². The first-order valence-corrected chi connectivity index (χ1v) is 12.1. The van der Waals surface area contributed by atoms with Crippen molar-refractivity contribution in [3.63, 3.8) is 0 Å². The lowest BCUT2D eigenvalue weighted by Crippen LogP contribution is -2.30. The van der Waals surface area contributed by atoms with Crippen molar-refractivity contribution in [2.24, 2.45) is 0 Å². The van der Waals surface area contributed by atoms with Crippen molar-refractivity contribution < 1.29 is 22.7 Å². The molecule has 33 heavy (non-hydrogen) atoms. The first-order valence-electron chi connectivity index (χ1n) is 9.86. The first-order chi connectivity index (χ1) is 15.7. The number of benzene rings is 3. The number of methoxy groups -OCH3 is 1. The molecule has 3 aromatic rings. The largest absolute Gasteiger partial charge is 0.497 e. The lowest BCUT2D eigenvalue weighted by atomic mass is 10.1. The Hall–Kier alpha value is -2.94. The van der Waals surface area contributed by atoms with E-state index in [-0.39, 0.29) is 23.1 Å². The number of sulfonamides is 1. The summed E-state index contributed by atoms with van der Waals surface area (Å²) >= 11 is 11.8. The van der Waals surface area contributed by atoms with E-state index < -0.39 is 10.0 Å². The Morgan fingerprint density at radius 1 is 0.909 bits per heavy atom. The van der Waals surface area contributed by atoms with Gasteiger partial charge in [0.25, 0.3) is 15.9 Å². The van der Waals surface area contributed by atoms with Gasteiger partial charge in [0.05, 0.1) is 17.7 Å². The van der Waals surface area contributed by atoms with Gasteiger partial charge in [0.15, 0.2) is 6.61 Å². The molecular formula is C23H22Cl2N2O5S. The van der Waals surface area contributed by atoms with E-state index in [4.69, 9.17) is 32.7 Å². The third kappa shape index (κ3) is 7.56. The lowest BCUT2D eigenvalue weighted by molar-refractivity contribution is -0.123. The third-order valence-corrected chi connectivity index (χ3v) is 6.35. The summed E-state index contributed by atoms with van der Waals surface area (Å²) in [6.45, 7) is 0.277. The molecule has 0 saturated carbocycles. The molecule has 2 N–H and O–H groups in total. The number of ether oxygens (including phenoxy) is 2. The zero-order chi connectivity index (χ0) is 23.8. The van der Waals surface area contributed by atoms with E-state index in [1.54, 1.807) is 7.11 Å². The summed E-state index contributed by atoms with van der Waals surface area (Å²) in [5.41, 5.74) is 1.32. The Balaban J connectivity index is 1.47. The number of carbonyl (C=O) groups excluding carboxylic acids is 1. The van der Waals surface area contributed by atoms with Crippen LogP contribution >= 0.6 is 23.2 Å². The SMILES string of the molecule is COc1ccc(CCNC(=O)COc2ccc(S(=O)(=O)Nc3cc(Cl)cc(Cl)c3)cc2)cc1. The van der Waals surface area contributed by atoms with Gasteiger partial charge in [0.1, 0.15) is 11.5 Å². The molecule has 0 saturated heterocycles. The maximum Gasteiger partial charge on any atom is 0.261 e. The predicted octanol–water partition coefficient (Wildman–Crippen LogP) is 4.54. The summed E-state index contributed by atoms with van der Waals surface area (Å²) in [4.78, 5) is 12.0. The normalized spacial score (nSPS) is 11.0. The van der Waals surface area contributed by atoms with Gasteiger partial charge in [-0.15, -0.1) is 0 Å². The molecule has 0 heterocycles. The molecule has 3 rings (SSSR count). The molecule has 0 radical (unpaired) electrons. The fourth-order valence-corrected chi connectivity index (χ4v) is 4.45. The summed E-state index contributed by atoms with van der Waals surface area (Å²) in [6, 6.07) is 17.7. The van der Waals surface area contributed by atoms with Crippen molar-refractivity contribution in [1.29, 1.82) is 0 Å². The Morgan fingerprint density at radius 2 is 1.52 bits per heavy atom. The number of rotatable bonds is 10. The summed E-state index contributed by atoms with van der Waals surface area (Å²) < 4.78 is 38.1. The average Bonchev–Trinajstić information content (AvgIpc) is 2.77. The summed E-state index contributed by atoms with van der Waals surface area (Å²) in [7, 11) is -2.24. The Labute approximate surface area is 202 Å². The number of halogens is 2. The zero-order valence-corrected chi connectivity index (χ0v) is 20.0. The number of hydrogen-bond donors (Lipinski definition) is 2. The minimum atomic E-state index is -3.85. The fraction of sp³-hybridized carbons (Fsp3) is 0.174.